The van der Waals surface area contributed by atoms with E-state index in [2.05, 4.69) is 10.3 Å². The van der Waals surface area contributed by atoms with Crippen LogP contribution in [-0.2, 0) is 10.0 Å². The molecule has 0 unspecified atom stereocenters. The first-order valence-corrected chi connectivity index (χ1v) is 11.5. The minimum atomic E-state index is -3.71. The molecule has 6 nitrogen and oxygen atoms in total. The Hall–Kier alpha value is -1.68. The van der Waals surface area contributed by atoms with E-state index in [1.807, 2.05) is 0 Å². The molecule has 11 heteroatoms. The summed E-state index contributed by atoms with van der Waals surface area (Å²) in [6, 6.07) is 8.95. The maximum absolute atomic E-state index is 12.7. The Morgan fingerprint density at radius 2 is 1.76 bits per heavy atom. The van der Waals surface area contributed by atoms with Crippen molar-refractivity contribution < 1.29 is 13.2 Å². The zero-order chi connectivity index (χ0) is 21.3. The number of thiazole rings is 1. The lowest BCUT2D eigenvalue weighted by molar-refractivity contribution is 0.102. The summed E-state index contributed by atoms with van der Waals surface area (Å²) < 4.78 is 25.7. The first-order chi connectivity index (χ1) is 13.6. The highest BCUT2D eigenvalue weighted by molar-refractivity contribution is 7.89. The molecule has 1 amide bonds. The minimum absolute atomic E-state index is 0.0205. The van der Waals surface area contributed by atoms with Crippen LogP contribution in [-0.4, -0.2) is 37.7 Å². The van der Waals surface area contributed by atoms with Crippen LogP contribution in [0.1, 0.15) is 10.4 Å². The third kappa shape index (κ3) is 4.74. The second kappa shape index (κ2) is 8.59. The third-order valence-corrected chi connectivity index (χ3v) is 7.35. The predicted octanol–water partition coefficient (Wildman–Crippen LogP) is 5.27. The zero-order valence-corrected chi connectivity index (χ0v) is 19.0. The van der Waals surface area contributed by atoms with Gasteiger partial charge in [0.25, 0.3) is 5.91 Å². The summed E-state index contributed by atoms with van der Waals surface area (Å²) >= 11 is 19.5. The van der Waals surface area contributed by atoms with Gasteiger partial charge >= 0.3 is 0 Å². The second-order valence-electron chi connectivity index (χ2n) is 6.05. The molecular weight excluding hydrogens is 477 g/mol. The Morgan fingerprint density at radius 1 is 1.07 bits per heavy atom. The van der Waals surface area contributed by atoms with Gasteiger partial charge in [-0.3, -0.25) is 10.1 Å². The van der Waals surface area contributed by atoms with Gasteiger partial charge in [-0.15, -0.1) is 11.3 Å². The fourth-order valence-corrected chi connectivity index (χ4v) is 4.59. The fraction of sp³-hybridized carbons (Fsp3) is 0.111. The quantitative estimate of drug-likeness (QED) is 0.528. The Labute approximate surface area is 187 Å². The van der Waals surface area contributed by atoms with Crippen LogP contribution < -0.4 is 5.32 Å². The molecule has 0 aliphatic carbocycles. The lowest BCUT2D eigenvalue weighted by Crippen LogP contribution is -2.23. The summed E-state index contributed by atoms with van der Waals surface area (Å²) in [5.74, 6) is -0.580. The number of hydrogen-bond acceptors (Lipinski definition) is 5. The topological polar surface area (TPSA) is 79.4 Å². The summed E-state index contributed by atoms with van der Waals surface area (Å²) in [6.07, 6.45) is 0. The molecule has 1 N–H and O–H groups in total. The third-order valence-electron chi connectivity index (χ3n) is 3.89. The van der Waals surface area contributed by atoms with Crippen molar-refractivity contribution in [2.45, 2.75) is 4.90 Å². The number of carbonyl (C=O) groups is 1. The molecule has 0 aliphatic heterocycles. The van der Waals surface area contributed by atoms with Gasteiger partial charge in [-0.2, -0.15) is 0 Å². The van der Waals surface area contributed by atoms with E-state index in [1.165, 1.54) is 43.6 Å². The molecule has 0 aliphatic rings. The number of amides is 1. The molecule has 0 saturated carbocycles. The Bertz CT molecular complexity index is 1190. The van der Waals surface area contributed by atoms with Crippen LogP contribution in [0.25, 0.3) is 11.3 Å². The van der Waals surface area contributed by atoms with Crippen molar-refractivity contribution in [1.29, 1.82) is 0 Å². The number of carbonyl (C=O) groups excluding carboxylic acids is 1. The molecule has 0 fully saturated rings. The number of benzene rings is 2. The maximum atomic E-state index is 12.7. The average Bonchev–Trinajstić information content (AvgIpc) is 3.11. The van der Waals surface area contributed by atoms with Crippen LogP contribution in [0.3, 0.4) is 0 Å². The van der Waals surface area contributed by atoms with E-state index >= 15 is 0 Å². The first kappa shape index (κ1) is 22.0. The van der Waals surface area contributed by atoms with Crippen molar-refractivity contribution in [3.05, 3.63) is 62.4 Å². The molecule has 0 radical (unpaired) electrons. The van der Waals surface area contributed by atoms with Gasteiger partial charge < -0.3 is 0 Å². The SMILES string of the molecule is CN(C)S(=O)(=O)c1ccc(Cl)c(C(=O)Nc2nc(-c3cc(Cl)ccc3Cl)cs2)c1. The number of halogens is 3. The lowest BCUT2D eigenvalue weighted by Gasteiger charge is -2.13. The van der Waals surface area contributed by atoms with Crippen LogP contribution >= 0.6 is 46.1 Å². The first-order valence-electron chi connectivity index (χ1n) is 8.04. The smallest absolute Gasteiger partial charge is 0.259 e. The predicted molar refractivity (Wildman–Crippen MR) is 118 cm³/mol. The highest BCUT2D eigenvalue weighted by Crippen LogP contribution is 2.33. The van der Waals surface area contributed by atoms with Gasteiger partial charge in [0.1, 0.15) is 0 Å². The van der Waals surface area contributed by atoms with Crippen molar-refractivity contribution >= 4 is 67.2 Å². The average molecular weight is 491 g/mol. The summed E-state index contributed by atoms with van der Waals surface area (Å²) in [6.45, 7) is 0. The Morgan fingerprint density at radius 3 is 2.45 bits per heavy atom. The van der Waals surface area contributed by atoms with E-state index in [1.54, 1.807) is 23.6 Å². The van der Waals surface area contributed by atoms with Gasteiger partial charge in [0.15, 0.2) is 5.13 Å². The van der Waals surface area contributed by atoms with Crippen molar-refractivity contribution in [1.82, 2.24) is 9.29 Å². The van der Waals surface area contributed by atoms with E-state index < -0.39 is 15.9 Å². The van der Waals surface area contributed by atoms with E-state index in [4.69, 9.17) is 34.8 Å². The van der Waals surface area contributed by atoms with Gasteiger partial charge in [0, 0.05) is 30.1 Å². The van der Waals surface area contributed by atoms with Gasteiger partial charge in [0.2, 0.25) is 10.0 Å². The van der Waals surface area contributed by atoms with Crippen molar-refractivity contribution in [2.75, 3.05) is 19.4 Å². The molecule has 29 heavy (non-hydrogen) atoms. The van der Waals surface area contributed by atoms with Crippen LogP contribution in [0.4, 0.5) is 5.13 Å². The Balaban J connectivity index is 1.88. The van der Waals surface area contributed by atoms with Crippen molar-refractivity contribution in [2.24, 2.45) is 0 Å². The number of aromatic nitrogens is 1. The fourth-order valence-electron chi connectivity index (χ4n) is 2.36. The molecule has 0 bridgehead atoms. The molecule has 152 valence electrons. The molecule has 1 aromatic heterocycles. The summed E-state index contributed by atoms with van der Waals surface area (Å²) in [4.78, 5) is 17.0. The number of hydrogen-bond donors (Lipinski definition) is 1. The molecule has 3 rings (SSSR count). The number of nitrogens with one attached hydrogen (secondary N) is 1. The van der Waals surface area contributed by atoms with Crippen molar-refractivity contribution in [3.63, 3.8) is 0 Å². The number of nitrogens with zero attached hydrogens (tertiary/aromatic N) is 2. The summed E-state index contributed by atoms with van der Waals surface area (Å²) in [5, 5.41) is 5.76. The molecule has 1 heterocycles. The van der Waals surface area contributed by atoms with E-state index in [9.17, 15) is 13.2 Å². The molecule has 3 aromatic rings. The summed E-state index contributed by atoms with van der Waals surface area (Å²) in [5.41, 5.74) is 1.20. The van der Waals surface area contributed by atoms with Crippen LogP contribution in [0, 0.1) is 0 Å². The van der Waals surface area contributed by atoms with Gasteiger partial charge in [-0.05, 0) is 36.4 Å². The zero-order valence-electron chi connectivity index (χ0n) is 15.1. The highest BCUT2D eigenvalue weighted by Gasteiger charge is 2.21. The largest absolute Gasteiger partial charge is 0.298 e. The minimum Gasteiger partial charge on any atom is -0.298 e. The molecular formula is C18H14Cl3N3O3S2. The number of anilines is 1. The standard InChI is InChI=1S/C18H14Cl3N3O3S2/c1-24(2)29(26,27)11-4-6-15(21)13(8-11)17(25)23-18-22-16(9-28-18)12-7-10(19)3-5-14(12)20/h3-9H,1-2H3,(H,22,23,25). The monoisotopic (exact) mass is 489 g/mol. The van der Waals surface area contributed by atoms with Gasteiger partial charge in [0.05, 0.1) is 26.2 Å². The number of rotatable bonds is 5. The van der Waals surface area contributed by atoms with Crippen LogP contribution in [0.15, 0.2) is 46.7 Å². The van der Waals surface area contributed by atoms with E-state index in [-0.39, 0.29) is 15.5 Å². The normalized spacial score (nSPS) is 11.7. The Kier molecular flexibility index (Phi) is 6.52. The van der Waals surface area contributed by atoms with Crippen molar-refractivity contribution in [3.8, 4) is 11.3 Å². The molecule has 2 aromatic carbocycles. The molecule has 0 spiro atoms. The van der Waals surface area contributed by atoms with Gasteiger partial charge in [-0.25, -0.2) is 17.7 Å². The van der Waals surface area contributed by atoms with E-state index in [0.717, 1.165) is 4.31 Å². The maximum Gasteiger partial charge on any atom is 0.259 e. The van der Waals surface area contributed by atoms with E-state index in [0.29, 0.717) is 26.4 Å². The second-order valence-corrected chi connectivity index (χ2v) is 10.3. The molecule has 0 saturated heterocycles. The number of sulfonamides is 1. The lowest BCUT2D eigenvalue weighted by atomic mass is 10.2. The van der Waals surface area contributed by atoms with Gasteiger partial charge in [-0.1, -0.05) is 34.8 Å². The molecule has 0 atom stereocenters. The van der Waals surface area contributed by atoms with Crippen LogP contribution in [0.5, 0.6) is 0 Å². The summed E-state index contributed by atoms with van der Waals surface area (Å²) in [7, 11) is -0.900. The van der Waals surface area contributed by atoms with Crippen LogP contribution in [0.2, 0.25) is 15.1 Å². The highest BCUT2D eigenvalue weighted by atomic mass is 35.5.